The van der Waals surface area contributed by atoms with E-state index in [-0.39, 0.29) is 17.1 Å². The SMILES string of the molecule is CN(C)CCCNS(C)(=O)=O.CN(C)CCCNS(C)(=O)=O.CN(C)CCCNS(C)(=O)=O.[Cu+2].c1ccc2c(c1)-c1nc-2nc2[n-]c(nc3nc(nc4[n-]c(n1)c1ccccc41)-c1ccccc1-3)c1ccccc21. The predicted octanol–water partition coefficient (Wildman–Crippen LogP) is 4.59. The molecule has 0 spiro atoms. The van der Waals surface area contributed by atoms with Crippen LogP contribution in [-0.4, -0.2) is 170 Å². The van der Waals surface area contributed by atoms with Crippen molar-refractivity contribution in [3.63, 3.8) is 0 Å². The second kappa shape index (κ2) is 26.7. The molecular formula is C50H64CuN14O6S3. The van der Waals surface area contributed by atoms with Crippen LogP contribution in [0.2, 0.25) is 0 Å². The van der Waals surface area contributed by atoms with Gasteiger partial charge in [0.2, 0.25) is 30.1 Å². The molecule has 5 heterocycles. The summed E-state index contributed by atoms with van der Waals surface area (Å²) >= 11 is 0. The fourth-order valence-corrected chi connectivity index (χ4v) is 8.96. The number of nitrogens with zero attached hydrogens (tertiary/aromatic N) is 11. The van der Waals surface area contributed by atoms with E-state index in [0.29, 0.717) is 65.5 Å². The van der Waals surface area contributed by atoms with E-state index in [1.807, 2.05) is 154 Å². The van der Waals surface area contributed by atoms with Crippen LogP contribution in [0, 0.1) is 0 Å². The van der Waals surface area contributed by atoms with Crippen LogP contribution in [0.1, 0.15) is 19.3 Å². The number of benzene rings is 4. The Kier molecular flexibility index (Phi) is 21.4. The first-order valence-corrected chi connectivity index (χ1v) is 29.1. The van der Waals surface area contributed by atoms with Gasteiger partial charge in [-0.3, -0.25) is 0 Å². The minimum absolute atomic E-state index is 0. The Hall–Kier alpha value is -5.63. The third-order valence-electron chi connectivity index (χ3n) is 10.8. The van der Waals surface area contributed by atoms with Gasteiger partial charge in [0.25, 0.3) is 0 Å². The van der Waals surface area contributed by atoms with Crippen LogP contribution in [-0.2, 0) is 47.1 Å². The minimum atomic E-state index is -2.99. The van der Waals surface area contributed by atoms with Crippen molar-refractivity contribution in [2.24, 2.45) is 0 Å². The van der Waals surface area contributed by atoms with Crippen LogP contribution in [0.4, 0.5) is 0 Å². The average Bonchev–Trinajstić information content (AvgIpc) is 4.06. The zero-order valence-corrected chi connectivity index (χ0v) is 46.4. The molecule has 74 heavy (non-hydrogen) atoms. The summed E-state index contributed by atoms with van der Waals surface area (Å²) in [4.78, 5) is 45.3. The molecule has 0 amide bonds. The van der Waals surface area contributed by atoms with Crippen molar-refractivity contribution in [3.8, 4) is 45.6 Å². The summed E-state index contributed by atoms with van der Waals surface area (Å²) in [5.74, 6) is 2.21. The van der Waals surface area contributed by atoms with Crippen molar-refractivity contribution >= 4 is 74.2 Å². The first kappa shape index (κ1) is 59.2. The number of hydrogen-bond acceptors (Lipinski definition) is 15. The van der Waals surface area contributed by atoms with Gasteiger partial charge in [0.05, 0.1) is 42.1 Å². The van der Waals surface area contributed by atoms with E-state index in [2.05, 4.69) is 14.2 Å². The van der Waals surface area contributed by atoms with Gasteiger partial charge < -0.3 is 44.6 Å². The van der Waals surface area contributed by atoms with Crippen LogP contribution in [0.15, 0.2) is 97.1 Å². The van der Waals surface area contributed by atoms with Crippen LogP contribution in [0.5, 0.6) is 0 Å². The van der Waals surface area contributed by atoms with Crippen LogP contribution >= 0.6 is 0 Å². The monoisotopic (exact) mass is 1120 g/mol. The summed E-state index contributed by atoms with van der Waals surface area (Å²) in [5, 5.41) is 3.57. The van der Waals surface area contributed by atoms with Crippen molar-refractivity contribution in [2.45, 2.75) is 19.3 Å². The molecule has 4 aromatic carbocycles. The summed E-state index contributed by atoms with van der Waals surface area (Å²) in [7, 11) is 2.78. The zero-order valence-electron chi connectivity index (χ0n) is 43.0. The van der Waals surface area contributed by atoms with Crippen LogP contribution in [0.25, 0.3) is 89.7 Å². The van der Waals surface area contributed by atoms with Crippen molar-refractivity contribution in [1.29, 1.82) is 0 Å². The number of rotatable bonds is 15. The summed E-state index contributed by atoms with van der Waals surface area (Å²) in [6.07, 6.45) is 6.05. The van der Waals surface area contributed by atoms with Crippen molar-refractivity contribution in [1.82, 2.24) is 68.7 Å². The largest absolute Gasteiger partial charge is 2.00 e. The van der Waals surface area contributed by atoms with E-state index in [1.54, 1.807) is 0 Å². The normalized spacial score (nSPS) is 12.0. The Bertz CT molecular complexity index is 3110. The molecule has 7 aromatic rings. The topological polar surface area (TPSA) is 254 Å². The quantitative estimate of drug-likeness (QED) is 0.0938. The van der Waals surface area contributed by atoms with Crippen molar-refractivity contribution in [3.05, 3.63) is 97.1 Å². The summed E-state index contributed by atoms with van der Waals surface area (Å²) < 4.78 is 70.6. The van der Waals surface area contributed by atoms with Gasteiger partial charge in [0.1, 0.15) is 0 Å². The molecule has 9 rings (SSSR count). The molecule has 0 aliphatic carbocycles. The third kappa shape index (κ3) is 17.8. The maximum Gasteiger partial charge on any atom is 2.00 e. The molecule has 20 nitrogen and oxygen atoms in total. The Labute approximate surface area is 444 Å². The predicted molar refractivity (Wildman–Crippen MR) is 292 cm³/mol. The van der Waals surface area contributed by atoms with Gasteiger partial charge in [-0.2, -0.15) is 0 Å². The number of hydrogen-bond donors (Lipinski definition) is 3. The summed E-state index contributed by atoms with van der Waals surface area (Å²) in [6.45, 7) is 4.29. The van der Waals surface area contributed by atoms with E-state index in [4.69, 9.17) is 39.9 Å². The van der Waals surface area contributed by atoms with Crippen LogP contribution in [0.3, 0.4) is 0 Å². The smallest absolute Gasteiger partial charge is 0.357 e. The molecule has 8 bridgehead atoms. The van der Waals surface area contributed by atoms with E-state index >= 15 is 0 Å². The van der Waals surface area contributed by atoms with E-state index in [9.17, 15) is 25.3 Å². The molecule has 0 unspecified atom stereocenters. The van der Waals surface area contributed by atoms with Gasteiger partial charge in [-0.15, -0.1) is 0 Å². The molecule has 2 aliphatic heterocycles. The molecule has 3 aromatic heterocycles. The van der Waals surface area contributed by atoms with E-state index in [1.165, 1.54) is 18.8 Å². The molecule has 3 N–H and O–H groups in total. The number of aromatic nitrogens is 8. The average molecular weight is 1120 g/mol. The second-order valence-electron chi connectivity index (χ2n) is 18.1. The Morgan fingerprint density at radius 1 is 0.378 bits per heavy atom. The maximum atomic E-state index is 10.6. The molecule has 1 radical (unpaired) electrons. The van der Waals surface area contributed by atoms with Gasteiger partial charge >= 0.3 is 17.1 Å². The molecule has 399 valence electrons. The number of sulfonamides is 3. The van der Waals surface area contributed by atoms with E-state index in [0.717, 1.165) is 82.7 Å². The molecule has 0 atom stereocenters. The first-order valence-electron chi connectivity index (χ1n) is 23.4. The van der Waals surface area contributed by atoms with Gasteiger partial charge in [0.15, 0.2) is 0 Å². The molecule has 0 fully saturated rings. The number of fused-ring (bicyclic) bond motifs is 20. The standard InChI is InChI=1S/C32H16N8.3C6H16N2O2S.Cu/c1-2-10-18-17(9-1)25-33-26(18)38-28-21-13-5-6-14-22(21)30(35-28)40-32-24-16-8-7-15-23(24)31(36-32)39-29-20-12-4-3-11-19(20)27(34-29)37-25;3*1-8(2)6-4-5-7-11(3,9)10;/h1-16H;3*7H,4-6H2,1-3H3;/q-2;;;;+2. The van der Waals surface area contributed by atoms with Gasteiger partial charge in [-0.05, 0) is 103 Å². The molecule has 0 saturated carbocycles. The van der Waals surface area contributed by atoms with Crippen molar-refractivity contribution < 1.29 is 42.3 Å². The minimum Gasteiger partial charge on any atom is -0.357 e. The van der Waals surface area contributed by atoms with Crippen molar-refractivity contribution in [2.75, 3.05) is 100 Å². The Balaban J connectivity index is 0.000000245. The summed E-state index contributed by atoms with van der Waals surface area (Å²) in [5.41, 5.74) is 5.78. The third-order valence-corrected chi connectivity index (χ3v) is 13.0. The number of nitrogens with one attached hydrogen (secondary N) is 3. The second-order valence-corrected chi connectivity index (χ2v) is 23.6. The molecule has 2 aliphatic rings. The molecule has 0 saturated heterocycles. The van der Waals surface area contributed by atoms with Crippen LogP contribution < -0.4 is 24.1 Å². The van der Waals surface area contributed by atoms with E-state index < -0.39 is 30.1 Å². The molecule has 24 heteroatoms. The first-order chi connectivity index (χ1) is 34.5. The summed E-state index contributed by atoms with van der Waals surface area (Å²) in [6, 6.07) is 31.8. The maximum absolute atomic E-state index is 10.6. The van der Waals surface area contributed by atoms with Gasteiger partial charge in [-0.1, -0.05) is 97.1 Å². The van der Waals surface area contributed by atoms with Gasteiger partial charge in [-0.25, -0.2) is 49.4 Å². The Morgan fingerprint density at radius 3 is 0.797 bits per heavy atom. The molecular weight excluding hydrogens is 1050 g/mol. The fourth-order valence-electron chi connectivity index (χ4n) is 7.42. The Morgan fingerprint density at radius 2 is 0.595 bits per heavy atom. The fraction of sp³-hybridized carbons (Fsp3) is 0.360. The zero-order chi connectivity index (χ0) is 52.9. The van der Waals surface area contributed by atoms with Gasteiger partial charge in [0, 0.05) is 64.5 Å².